The molecule has 0 spiro atoms. The van der Waals surface area contributed by atoms with E-state index in [1.165, 1.54) is 0 Å². The molecule has 0 fully saturated rings. The molecule has 0 bridgehead atoms. The van der Waals surface area contributed by atoms with Crippen LogP contribution in [0.4, 0.5) is 0 Å². The van der Waals surface area contributed by atoms with Gasteiger partial charge in [-0.15, -0.1) is 0 Å². The quantitative estimate of drug-likeness (QED) is 0.451. The second-order valence-electron chi connectivity index (χ2n) is 1.05. The summed E-state index contributed by atoms with van der Waals surface area (Å²) in [5.74, 6) is 0. The highest BCUT2D eigenvalue weighted by molar-refractivity contribution is 4.78. The summed E-state index contributed by atoms with van der Waals surface area (Å²) in [4.78, 5) is 0. The van der Waals surface area contributed by atoms with Crippen molar-refractivity contribution in [2.45, 2.75) is 13.3 Å². The highest BCUT2D eigenvalue weighted by Gasteiger charge is 1.62. The van der Waals surface area contributed by atoms with Crippen LogP contribution >= 0.6 is 0 Å². The molecule has 0 aromatic heterocycles. The van der Waals surface area contributed by atoms with Crippen molar-refractivity contribution in [2.24, 2.45) is 0 Å². The second-order valence-corrected chi connectivity index (χ2v) is 1.05. The molecule has 6 heavy (non-hydrogen) atoms. The first kappa shape index (κ1) is 5.70. The van der Waals surface area contributed by atoms with Crippen molar-refractivity contribution < 1.29 is 5.11 Å². The minimum atomic E-state index is -0.0756. The summed E-state index contributed by atoms with van der Waals surface area (Å²) in [6.45, 7) is 1.93. The number of rotatable bonds is 2. The lowest BCUT2D eigenvalue weighted by atomic mass is 10.4. The van der Waals surface area contributed by atoms with Gasteiger partial charge < -0.3 is 0 Å². The fraction of sp³-hybridized carbons (Fsp3) is 0.600. The first-order valence-corrected chi connectivity index (χ1v) is 2.15. The summed E-state index contributed by atoms with van der Waals surface area (Å²) < 4.78 is 0. The lowest BCUT2D eigenvalue weighted by Crippen LogP contribution is -1.64. The fourth-order valence-corrected chi connectivity index (χ4v) is 0.235. The van der Waals surface area contributed by atoms with Crippen molar-refractivity contribution in [1.29, 1.82) is 0 Å². The van der Waals surface area contributed by atoms with Crippen LogP contribution in [0, 0.1) is 0 Å². The van der Waals surface area contributed by atoms with Gasteiger partial charge in [-0.3, -0.25) is 0 Å². The molecule has 1 nitrogen and oxygen atoms in total. The van der Waals surface area contributed by atoms with Crippen molar-refractivity contribution in [2.75, 3.05) is 6.61 Å². The van der Waals surface area contributed by atoms with Crippen LogP contribution in [0.15, 0.2) is 12.2 Å². The Hall–Kier alpha value is -0.300. The van der Waals surface area contributed by atoms with Gasteiger partial charge in [0.2, 0.25) is 0 Å². The van der Waals surface area contributed by atoms with Crippen molar-refractivity contribution >= 4 is 0 Å². The Kier molecular flexibility index (Phi) is 4.46. The zero-order chi connectivity index (χ0) is 4.83. The molecule has 0 aliphatic rings. The van der Waals surface area contributed by atoms with Crippen LogP contribution in [0.2, 0.25) is 0 Å². The van der Waals surface area contributed by atoms with Crippen molar-refractivity contribution in [3.8, 4) is 0 Å². The Morgan fingerprint density at radius 1 is 1.50 bits per heavy atom. The molecule has 0 N–H and O–H groups in total. The van der Waals surface area contributed by atoms with Gasteiger partial charge in [-0.25, -0.2) is 5.11 Å². The maximum atomic E-state index is 9.60. The highest BCUT2D eigenvalue weighted by atomic mass is 16.2. The summed E-state index contributed by atoms with van der Waals surface area (Å²) in [6, 6.07) is 0. The minimum Gasteiger partial charge on any atom is -0.232 e. The lowest BCUT2D eigenvalue weighted by molar-refractivity contribution is 0.232. The SMILES string of the molecule is CCC=CC[O]. The predicted molar refractivity (Wildman–Crippen MR) is 25.0 cm³/mol. The molecule has 0 aromatic rings. The van der Waals surface area contributed by atoms with Crippen LogP contribution in [0.5, 0.6) is 0 Å². The van der Waals surface area contributed by atoms with Crippen LogP contribution < -0.4 is 0 Å². The molecule has 0 atom stereocenters. The average molecular weight is 85.1 g/mol. The van der Waals surface area contributed by atoms with E-state index in [4.69, 9.17) is 0 Å². The molecule has 0 saturated heterocycles. The number of hydrogen-bond donors (Lipinski definition) is 0. The maximum absolute atomic E-state index is 9.60. The van der Waals surface area contributed by atoms with E-state index in [9.17, 15) is 5.11 Å². The molecule has 0 amide bonds. The number of allylic oxidation sites excluding steroid dienone is 1. The Morgan fingerprint density at radius 2 is 2.17 bits per heavy atom. The summed E-state index contributed by atoms with van der Waals surface area (Å²) in [7, 11) is 0. The van der Waals surface area contributed by atoms with E-state index in [1.54, 1.807) is 6.08 Å². The van der Waals surface area contributed by atoms with Gasteiger partial charge in [-0.05, 0) is 6.42 Å². The molecular formula is C5H9O. The fourth-order valence-electron chi connectivity index (χ4n) is 0.235. The molecule has 0 aromatic carbocycles. The van der Waals surface area contributed by atoms with Crippen LogP contribution in [0.25, 0.3) is 0 Å². The van der Waals surface area contributed by atoms with E-state index in [1.807, 2.05) is 13.0 Å². The lowest BCUT2D eigenvalue weighted by Gasteiger charge is -1.70. The van der Waals surface area contributed by atoms with Crippen LogP contribution in [-0.4, -0.2) is 6.61 Å². The summed E-state index contributed by atoms with van der Waals surface area (Å²) in [5.41, 5.74) is 0. The molecule has 0 rings (SSSR count). The summed E-state index contributed by atoms with van der Waals surface area (Å²) in [5, 5.41) is 9.60. The van der Waals surface area contributed by atoms with E-state index < -0.39 is 0 Å². The standard InChI is InChI=1S/C5H9O/c1-2-3-4-5-6/h3-4H,2,5H2,1H3. The molecule has 0 unspecified atom stereocenters. The number of hydrogen-bond acceptors (Lipinski definition) is 0. The normalized spacial score (nSPS) is 10.3. The smallest absolute Gasteiger partial charge is 0.100 e. The molecule has 1 heteroatoms. The largest absolute Gasteiger partial charge is 0.232 e. The van der Waals surface area contributed by atoms with E-state index in [2.05, 4.69) is 0 Å². The van der Waals surface area contributed by atoms with Crippen molar-refractivity contribution in [1.82, 2.24) is 0 Å². The van der Waals surface area contributed by atoms with Gasteiger partial charge in [-0.1, -0.05) is 19.1 Å². The summed E-state index contributed by atoms with van der Waals surface area (Å²) >= 11 is 0. The molecule has 0 aliphatic carbocycles. The summed E-state index contributed by atoms with van der Waals surface area (Å²) in [6.07, 6.45) is 4.47. The Labute approximate surface area is 38.3 Å². The van der Waals surface area contributed by atoms with E-state index in [0.717, 1.165) is 6.42 Å². The second kappa shape index (κ2) is 4.70. The molecular weight excluding hydrogens is 76.1 g/mol. The van der Waals surface area contributed by atoms with Crippen LogP contribution in [0.1, 0.15) is 13.3 Å². The first-order chi connectivity index (χ1) is 2.91. The first-order valence-electron chi connectivity index (χ1n) is 2.15. The van der Waals surface area contributed by atoms with Crippen molar-refractivity contribution in [3.63, 3.8) is 0 Å². The highest BCUT2D eigenvalue weighted by Crippen LogP contribution is 1.75. The van der Waals surface area contributed by atoms with Gasteiger partial charge in [0.15, 0.2) is 0 Å². The molecule has 1 radical (unpaired) electrons. The van der Waals surface area contributed by atoms with E-state index in [0.29, 0.717) is 0 Å². The molecule has 0 saturated carbocycles. The Bertz CT molecular complexity index is 33.2. The molecule has 0 heterocycles. The van der Waals surface area contributed by atoms with Gasteiger partial charge >= 0.3 is 0 Å². The molecule has 35 valence electrons. The Morgan fingerprint density at radius 3 is 2.33 bits per heavy atom. The predicted octanol–water partition coefficient (Wildman–Crippen LogP) is 1.38. The third-order valence-corrected chi connectivity index (χ3v) is 0.499. The Balaban J connectivity index is 2.73. The van der Waals surface area contributed by atoms with E-state index in [-0.39, 0.29) is 6.61 Å². The third-order valence-electron chi connectivity index (χ3n) is 0.499. The van der Waals surface area contributed by atoms with Crippen LogP contribution in [-0.2, 0) is 5.11 Å². The van der Waals surface area contributed by atoms with Crippen molar-refractivity contribution in [3.05, 3.63) is 12.2 Å². The molecule has 0 aliphatic heterocycles. The van der Waals surface area contributed by atoms with Crippen LogP contribution in [0.3, 0.4) is 0 Å². The minimum absolute atomic E-state index is 0.0756. The van der Waals surface area contributed by atoms with E-state index >= 15 is 0 Å². The van der Waals surface area contributed by atoms with Gasteiger partial charge in [0.05, 0.1) is 0 Å². The van der Waals surface area contributed by atoms with Gasteiger partial charge in [-0.2, -0.15) is 0 Å². The zero-order valence-electron chi connectivity index (χ0n) is 3.98. The van der Waals surface area contributed by atoms with Gasteiger partial charge in [0.25, 0.3) is 0 Å². The topological polar surface area (TPSA) is 19.9 Å². The van der Waals surface area contributed by atoms with Gasteiger partial charge in [0.1, 0.15) is 6.61 Å². The third kappa shape index (κ3) is 3.70. The zero-order valence-corrected chi connectivity index (χ0v) is 3.98. The maximum Gasteiger partial charge on any atom is 0.100 e. The monoisotopic (exact) mass is 85.1 g/mol. The average Bonchev–Trinajstić information content (AvgIpc) is 1.61. The van der Waals surface area contributed by atoms with Gasteiger partial charge in [0, 0.05) is 0 Å².